The van der Waals surface area contributed by atoms with Gasteiger partial charge in [-0.3, -0.25) is 9.59 Å². The smallest absolute Gasteiger partial charge is 0.257 e. The monoisotopic (exact) mass is 395 g/mol. The van der Waals surface area contributed by atoms with Gasteiger partial charge in [0.2, 0.25) is 0 Å². The van der Waals surface area contributed by atoms with Gasteiger partial charge in [0.05, 0.1) is 10.9 Å². The number of fused-ring (bicyclic) bond motifs is 1. The first-order valence-corrected chi connectivity index (χ1v) is 9.69. The van der Waals surface area contributed by atoms with E-state index in [1.54, 1.807) is 30.0 Å². The molecule has 0 aliphatic carbocycles. The van der Waals surface area contributed by atoms with Crippen LogP contribution in [0.2, 0.25) is 0 Å². The largest absolute Gasteiger partial charge is 0.455 e. The lowest BCUT2D eigenvalue weighted by Gasteiger charge is -2.23. The summed E-state index contributed by atoms with van der Waals surface area (Å²) in [5.74, 6) is 0.162. The standard InChI is InChI=1S/C23H22FNO4/c1-15-20(26)18-9-5-10-19(22(18)29-21(15)16-7-3-2-4-8-16)23(27)25-11-6-12-28-17(13-24)14-25/h2-5,7-10,17H,6,11-14H2,1H3. The van der Waals surface area contributed by atoms with Gasteiger partial charge in [0.15, 0.2) is 11.0 Å². The van der Waals surface area contributed by atoms with E-state index in [4.69, 9.17) is 9.15 Å². The van der Waals surface area contributed by atoms with Crippen LogP contribution in [0, 0.1) is 6.92 Å². The van der Waals surface area contributed by atoms with E-state index in [2.05, 4.69) is 0 Å². The molecule has 1 aromatic heterocycles. The van der Waals surface area contributed by atoms with Gasteiger partial charge in [-0.1, -0.05) is 36.4 Å². The van der Waals surface area contributed by atoms with Gasteiger partial charge in [0.1, 0.15) is 18.5 Å². The van der Waals surface area contributed by atoms with Crippen molar-refractivity contribution in [1.82, 2.24) is 4.90 Å². The molecule has 2 aromatic carbocycles. The Morgan fingerprint density at radius 2 is 1.97 bits per heavy atom. The van der Waals surface area contributed by atoms with Crippen LogP contribution in [0.5, 0.6) is 0 Å². The van der Waals surface area contributed by atoms with E-state index >= 15 is 0 Å². The molecule has 6 heteroatoms. The molecular formula is C23H22FNO4. The molecular weight excluding hydrogens is 373 g/mol. The number of hydrogen-bond donors (Lipinski definition) is 0. The number of benzene rings is 2. The Bertz CT molecular complexity index is 1090. The number of halogens is 1. The van der Waals surface area contributed by atoms with Crippen LogP contribution < -0.4 is 5.43 Å². The summed E-state index contributed by atoms with van der Waals surface area (Å²) < 4.78 is 24.7. The Morgan fingerprint density at radius 3 is 2.72 bits per heavy atom. The molecule has 1 amide bonds. The van der Waals surface area contributed by atoms with E-state index in [0.717, 1.165) is 5.56 Å². The fourth-order valence-electron chi connectivity index (χ4n) is 3.69. The molecule has 1 saturated heterocycles. The van der Waals surface area contributed by atoms with Crippen molar-refractivity contribution in [2.45, 2.75) is 19.4 Å². The number of nitrogens with zero attached hydrogens (tertiary/aromatic N) is 1. The van der Waals surface area contributed by atoms with E-state index < -0.39 is 12.8 Å². The van der Waals surface area contributed by atoms with Gasteiger partial charge >= 0.3 is 0 Å². The lowest BCUT2D eigenvalue weighted by molar-refractivity contribution is 0.0343. The van der Waals surface area contributed by atoms with Crippen LogP contribution in [0.15, 0.2) is 57.7 Å². The summed E-state index contributed by atoms with van der Waals surface area (Å²) in [7, 11) is 0. The zero-order valence-electron chi connectivity index (χ0n) is 16.2. The number of carbonyl (C=O) groups is 1. The number of carbonyl (C=O) groups excluding carboxylic acids is 1. The summed E-state index contributed by atoms with van der Waals surface area (Å²) in [5, 5.41) is 0.362. The van der Waals surface area contributed by atoms with Crippen molar-refractivity contribution in [2.24, 2.45) is 0 Å². The Kier molecular flexibility index (Phi) is 5.45. The molecule has 1 aliphatic rings. The maximum Gasteiger partial charge on any atom is 0.257 e. The molecule has 1 unspecified atom stereocenters. The maximum atomic E-state index is 13.3. The molecule has 5 nitrogen and oxygen atoms in total. The van der Waals surface area contributed by atoms with Crippen molar-refractivity contribution < 1.29 is 18.3 Å². The van der Waals surface area contributed by atoms with Gasteiger partial charge in [-0.2, -0.15) is 0 Å². The normalized spacial score (nSPS) is 17.3. The number of alkyl halides is 1. The van der Waals surface area contributed by atoms with Gasteiger partial charge in [-0.25, -0.2) is 4.39 Å². The fraction of sp³-hybridized carbons (Fsp3) is 0.304. The second-order valence-electron chi connectivity index (χ2n) is 7.19. The number of hydrogen-bond acceptors (Lipinski definition) is 4. The highest BCUT2D eigenvalue weighted by Gasteiger charge is 2.26. The molecule has 0 bridgehead atoms. The summed E-state index contributed by atoms with van der Waals surface area (Å²) in [6, 6.07) is 14.3. The molecule has 0 spiro atoms. The Balaban J connectivity index is 1.84. The molecule has 0 N–H and O–H groups in total. The molecule has 1 fully saturated rings. The van der Waals surface area contributed by atoms with Crippen LogP contribution in [-0.4, -0.2) is 43.3 Å². The Labute approximate surface area is 167 Å². The maximum absolute atomic E-state index is 13.3. The van der Waals surface area contributed by atoms with Gasteiger partial charge in [-0.05, 0) is 25.5 Å². The number of ether oxygens (including phenoxy) is 1. The topological polar surface area (TPSA) is 59.8 Å². The van der Waals surface area contributed by atoms with E-state index in [-0.39, 0.29) is 23.5 Å². The quantitative estimate of drug-likeness (QED) is 0.673. The average Bonchev–Trinajstić information content (AvgIpc) is 3.02. The molecule has 0 saturated carbocycles. The first-order chi connectivity index (χ1) is 14.1. The Morgan fingerprint density at radius 1 is 1.17 bits per heavy atom. The minimum Gasteiger partial charge on any atom is -0.455 e. The van der Waals surface area contributed by atoms with E-state index in [1.807, 2.05) is 30.3 Å². The average molecular weight is 395 g/mol. The molecule has 1 atom stereocenters. The molecule has 150 valence electrons. The van der Waals surface area contributed by atoms with E-state index in [9.17, 15) is 14.0 Å². The van der Waals surface area contributed by atoms with Crippen LogP contribution in [0.3, 0.4) is 0 Å². The molecule has 4 rings (SSSR count). The minimum atomic E-state index is -0.647. The van der Waals surface area contributed by atoms with Crippen LogP contribution in [0.1, 0.15) is 22.3 Å². The van der Waals surface area contributed by atoms with Crippen molar-refractivity contribution in [3.63, 3.8) is 0 Å². The van der Waals surface area contributed by atoms with E-state index in [0.29, 0.717) is 41.8 Å². The highest BCUT2D eigenvalue weighted by atomic mass is 19.1. The molecule has 1 aliphatic heterocycles. The third kappa shape index (κ3) is 3.68. The highest BCUT2D eigenvalue weighted by Crippen LogP contribution is 2.28. The van der Waals surface area contributed by atoms with Crippen LogP contribution in [0.4, 0.5) is 4.39 Å². The third-order valence-corrected chi connectivity index (χ3v) is 5.22. The predicted molar refractivity (Wildman–Crippen MR) is 109 cm³/mol. The Hall–Kier alpha value is -2.99. The first-order valence-electron chi connectivity index (χ1n) is 9.69. The van der Waals surface area contributed by atoms with Gasteiger partial charge < -0.3 is 14.1 Å². The third-order valence-electron chi connectivity index (χ3n) is 5.22. The first kappa shape index (κ1) is 19.3. The number of para-hydroxylation sites is 1. The molecule has 29 heavy (non-hydrogen) atoms. The van der Waals surface area contributed by atoms with Crippen molar-refractivity contribution in [3.8, 4) is 11.3 Å². The lowest BCUT2D eigenvalue weighted by atomic mass is 10.0. The van der Waals surface area contributed by atoms with Crippen LogP contribution >= 0.6 is 0 Å². The van der Waals surface area contributed by atoms with Crippen molar-refractivity contribution in [3.05, 3.63) is 69.9 Å². The van der Waals surface area contributed by atoms with Gasteiger partial charge in [0.25, 0.3) is 5.91 Å². The summed E-state index contributed by atoms with van der Waals surface area (Å²) in [5.41, 5.74) is 1.66. The number of rotatable bonds is 3. The zero-order chi connectivity index (χ0) is 20.4. The van der Waals surface area contributed by atoms with Gasteiger partial charge in [-0.15, -0.1) is 0 Å². The zero-order valence-corrected chi connectivity index (χ0v) is 16.2. The predicted octanol–water partition coefficient (Wildman–Crippen LogP) is 3.97. The summed E-state index contributed by atoms with van der Waals surface area (Å²) in [4.78, 5) is 27.8. The van der Waals surface area contributed by atoms with E-state index in [1.165, 1.54) is 0 Å². The minimum absolute atomic E-state index is 0.166. The highest BCUT2D eigenvalue weighted by molar-refractivity contribution is 6.05. The second-order valence-corrected chi connectivity index (χ2v) is 7.19. The van der Waals surface area contributed by atoms with Crippen LogP contribution in [-0.2, 0) is 4.74 Å². The summed E-state index contributed by atoms with van der Waals surface area (Å²) in [6.45, 7) is 2.13. The fourth-order valence-corrected chi connectivity index (χ4v) is 3.69. The SMILES string of the molecule is Cc1c(-c2ccccc2)oc2c(C(=O)N3CCCOC(CF)C3)cccc2c1=O. The molecule has 3 aromatic rings. The summed E-state index contributed by atoms with van der Waals surface area (Å²) in [6.07, 6.45) is -0.00346. The molecule has 2 heterocycles. The van der Waals surface area contributed by atoms with Crippen molar-refractivity contribution in [2.75, 3.05) is 26.4 Å². The number of amides is 1. The van der Waals surface area contributed by atoms with Gasteiger partial charge in [0, 0.05) is 30.8 Å². The van der Waals surface area contributed by atoms with Crippen molar-refractivity contribution >= 4 is 16.9 Å². The molecule has 0 radical (unpaired) electrons. The summed E-state index contributed by atoms with van der Waals surface area (Å²) >= 11 is 0. The second kappa shape index (κ2) is 8.17. The van der Waals surface area contributed by atoms with Crippen LogP contribution in [0.25, 0.3) is 22.3 Å². The lowest BCUT2D eigenvalue weighted by Crippen LogP contribution is -2.37. The van der Waals surface area contributed by atoms with Crippen molar-refractivity contribution in [1.29, 1.82) is 0 Å².